The lowest BCUT2D eigenvalue weighted by Gasteiger charge is -2.21. The van der Waals surface area contributed by atoms with E-state index in [1.165, 1.54) is 0 Å². The third-order valence-corrected chi connectivity index (χ3v) is 6.27. The molecule has 38 heavy (non-hydrogen) atoms. The number of aromatic amines is 1. The highest BCUT2D eigenvalue weighted by Crippen LogP contribution is 2.33. The molecule has 3 aromatic carbocycles. The van der Waals surface area contributed by atoms with Crippen LogP contribution in [0.2, 0.25) is 0 Å². The fourth-order valence-electron chi connectivity index (χ4n) is 4.41. The summed E-state index contributed by atoms with van der Waals surface area (Å²) in [5, 5.41) is 23.3. The van der Waals surface area contributed by atoms with Crippen LogP contribution in [0.15, 0.2) is 72.9 Å². The SMILES string of the molecule is CC(C)Oc1ccc(C#Cc2cccc(C(=O)NCCCO)c2)cc1C(CO)Cc1c[nH]c2ccccc12. The van der Waals surface area contributed by atoms with Gasteiger partial charge in [0.15, 0.2) is 0 Å². The minimum Gasteiger partial charge on any atom is -0.491 e. The summed E-state index contributed by atoms with van der Waals surface area (Å²) in [7, 11) is 0. The van der Waals surface area contributed by atoms with Crippen LogP contribution in [-0.2, 0) is 6.42 Å². The molecule has 4 rings (SSSR count). The summed E-state index contributed by atoms with van der Waals surface area (Å²) in [6.45, 7) is 4.39. The van der Waals surface area contributed by atoms with Crippen molar-refractivity contribution in [3.63, 3.8) is 0 Å². The van der Waals surface area contributed by atoms with E-state index in [4.69, 9.17) is 9.84 Å². The highest BCUT2D eigenvalue weighted by Gasteiger charge is 2.19. The summed E-state index contributed by atoms with van der Waals surface area (Å²) >= 11 is 0. The molecule has 196 valence electrons. The summed E-state index contributed by atoms with van der Waals surface area (Å²) in [5.74, 6) is 6.75. The Morgan fingerprint density at radius 2 is 1.79 bits per heavy atom. The molecule has 1 atom stereocenters. The van der Waals surface area contributed by atoms with E-state index in [0.717, 1.165) is 38.9 Å². The Hall–Kier alpha value is -4.05. The van der Waals surface area contributed by atoms with E-state index < -0.39 is 0 Å². The largest absolute Gasteiger partial charge is 0.491 e. The van der Waals surface area contributed by atoms with E-state index in [2.05, 4.69) is 28.2 Å². The Morgan fingerprint density at radius 3 is 2.55 bits per heavy atom. The molecule has 0 spiro atoms. The molecule has 1 unspecified atom stereocenters. The van der Waals surface area contributed by atoms with Crippen LogP contribution in [0.3, 0.4) is 0 Å². The summed E-state index contributed by atoms with van der Waals surface area (Å²) in [6, 6.07) is 21.1. The predicted octanol–water partition coefficient (Wildman–Crippen LogP) is 4.79. The number of benzene rings is 3. The smallest absolute Gasteiger partial charge is 0.251 e. The fourth-order valence-corrected chi connectivity index (χ4v) is 4.41. The van der Waals surface area contributed by atoms with Crippen molar-refractivity contribution in [3.05, 3.63) is 101 Å². The van der Waals surface area contributed by atoms with Crippen LogP contribution in [0.5, 0.6) is 5.75 Å². The van der Waals surface area contributed by atoms with E-state index in [1.807, 2.05) is 62.5 Å². The minimum absolute atomic E-state index is 0.00983. The summed E-state index contributed by atoms with van der Waals surface area (Å²) < 4.78 is 6.11. The minimum atomic E-state index is -0.192. The third kappa shape index (κ3) is 6.83. The first-order valence-electron chi connectivity index (χ1n) is 13.0. The maximum Gasteiger partial charge on any atom is 0.251 e. The van der Waals surface area contributed by atoms with Crippen molar-refractivity contribution in [2.75, 3.05) is 19.8 Å². The number of aromatic nitrogens is 1. The van der Waals surface area contributed by atoms with Crippen LogP contribution >= 0.6 is 0 Å². The molecule has 0 saturated carbocycles. The number of hydrogen-bond acceptors (Lipinski definition) is 4. The van der Waals surface area contributed by atoms with Crippen molar-refractivity contribution in [1.29, 1.82) is 0 Å². The van der Waals surface area contributed by atoms with Crippen molar-refractivity contribution in [2.45, 2.75) is 38.7 Å². The molecule has 0 aliphatic rings. The molecule has 0 radical (unpaired) electrons. The van der Waals surface area contributed by atoms with E-state index >= 15 is 0 Å². The number of aliphatic hydroxyl groups excluding tert-OH is 2. The standard InChI is InChI=1S/C32H34N2O4/c1-22(2)38-31-14-13-24(12-11-23-7-5-8-25(17-23)32(37)33-15-6-16-35)18-29(31)27(21-36)19-26-20-34-30-10-4-3-9-28(26)30/h3-5,7-10,13-14,17-18,20,22,27,34-36H,6,15-16,19,21H2,1-2H3,(H,33,37). The van der Waals surface area contributed by atoms with Gasteiger partial charge >= 0.3 is 0 Å². The maximum atomic E-state index is 12.4. The number of fused-ring (bicyclic) bond motifs is 1. The zero-order valence-corrected chi connectivity index (χ0v) is 21.8. The third-order valence-electron chi connectivity index (χ3n) is 6.27. The van der Waals surface area contributed by atoms with Gasteiger partial charge in [0.2, 0.25) is 0 Å². The topological polar surface area (TPSA) is 94.6 Å². The molecule has 0 saturated heterocycles. The first-order valence-corrected chi connectivity index (χ1v) is 13.0. The van der Waals surface area contributed by atoms with Gasteiger partial charge in [-0.3, -0.25) is 4.79 Å². The number of hydrogen-bond donors (Lipinski definition) is 4. The molecular weight excluding hydrogens is 476 g/mol. The second kappa shape index (κ2) is 13.0. The molecule has 0 bridgehead atoms. The lowest BCUT2D eigenvalue weighted by atomic mass is 9.90. The van der Waals surface area contributed by atoms with Gasteiger partial charge in [-0.2, -0.15) is 0 Å². The second-order valence-electron chi connectivity index (χ2n) is 9.53. The summed E-state index contributed by atoms with van der Waals surface area (Å²) in [4.78, 5) is 15.7. The van der Waals surface area contributed by atoms with Crippen molar-refractivity contribution in [1.82, 2.24) is 10.3 Å². The molecule has 0 aliphatic carbocycles. The number of aliphatic hydroxyl groups is 2. The van der Waals surface area contributed by atoms with Crippen molar-refractivity contribution in [2.24, 2.45) is 0 Å². The number of carbonyl (C=O) groups excluding carboxylic acids is 1. The predicted molar refractivity (Wildman–Crippen MR) is 150 cm³/mol. The number of ether oxygens (including phenoxy) is 1. The number of H-pyrrole nitrogens is 1. The van der Waals surface area contributed by atoms with E-state index in [1.54, 1.807) is 18.2 Å². The highest BCUT2D eigenvalue weighted by molar-refractivity contribution is 5.94. The fraction of sp³-hybridized carbons (Fsp3) is 0.281. The molecule has 1 aromatic heterocycles. The molecule has 1 heterocycles. The van der Waals surface area contributed by atoms with Gasteiger partial charge in [-0.05, 0) is 74.7 Å². The van der Waals surface area contributed by atoms with Crippen molar-refractivity contribution >= 4 is 16.8 Å². The van der Waals surface area contributed by atoms with E-state index in [-0.39, 0.29) is 31.1 Å². The van der Waals surface area contributed by atoms with Gasteiger partial charge in [-0.25, -0.2) is 0 Å². The molecule has 4 aromatic rings. The average molecular weight is 511 g/mol. The van der Waals surface area contributed by atoms with Gasteiger partial charge in [0.1, 0.15) is 5.75 Å². The Balaban J connectivity index is 1.61. The van der Waals surface area contributed by atoms with Gasteiger partial charge < -0.3 is 25.3 Å². The van der Waals surface area contributed by atoms with Gasteiger partial charge in [0.25, 0.3) is 5.91 Å². The Morgan fingerprint density at radius 1 is 1.00 bits per heavy atom. The van der Waals surface area contributed by atoms with Gasteiger partial charge in [0.05, 0.1) is 12.7 Å². The number of amides is 1. The van der Waals surface area contributed by atoms with Gasteiger partial charge in [0, 0.05) is 58.4 Å². The van der Waals surface area contributed by atoms with Gasteiger partial charge in [-0.1, -0.05) is 36.1 Å². The Labute approximate surface area is 223 Å². The first-order chi connectivity index (χ1) is 18.5. The quantitative estimate of drug-likeness (QED) is 0.182. The van der Waals surface area contributed by atoms with Crippen LogP contribution in [0.1, 0.15) is 58.8 Å². The van der Waals surface area contributed by atoms with E-state index in [0.29, 0.717) is 24.9 Å². The van der Waals surface area contributed by atoms with Crippen molar-refractivity contribution < 1.29 is 19.7 Å². The van der Waals surface area contributed by atoms with E-state index in [9.17, 15) is 9.90 Å². The molecule has 0 fully saturated rings. The average Bonchev–Trinajstić information content (AvgIpc) is 3.34. The maximum absolute atomic E-state index is 12.4. The summed E-state index contributed by atoms with van der Waals surface area (Å²) in [6.07, 6.45) is 3.16. The zero-order valence-electron chi connectivity index (χ0n) is 21.8. The van der Waals surface area contributed by atoms with Gasteiger partial charge in [-0.15, -0.1) is 0 Å². The van der Waals surface area contributed by atoms with Crippen molar-refractivity contribution in [3.8, 4) is 17.6 Å². The lowest BCUT2D eigenvalue weighted by Crippen LogP contribution is -2.24. The Bertz CT molecular complexity index is 1440. The monoisotopic (exact) mass is 510 g/mol. The molecule has 0 aliphatic heterocycles. The zero-order chi connectivity index (χ0) is 26.9. The molecule has 6 heteroatoms. The first kappa shape index (κ1) is 27.0. The lowest BCUT2D eigenvalue weighted by molar-refractivity contribution is 0.0951. The van der Waals surface area contributed by atoms with Crippen LogP contribution in [0.25, 0.3) is 10.9 Å². The molecule has 6 nitrogen and oxygen atoms in total. The number of para-hydroxylation sites is 1. The normalized spacial score (nSPS) is 11.7. The number of rotatable bonds is 10. The van der Waals surface area contributed by atoms with Crippen LogP contribution in [-0.4, -0.2) is 47.0 Å². The molecule has 1 amide bonds. The molecule has 4 N–H and O–H groups in total. The second-order valence-corrected chi connectivity index (χ2v) is 9.53. The number of carbonyl (C=O) groups is 1. The Kier molecular flexibility index (Phi) is 9.21. The highest BCUT2D eigenvalue weighted by atomic mass is 16.5. The van der Waals surface area contributed by atoms with Crippen LogP contribution in [0.4, 0.5) is 0 Å². The summed E-state index contributed by atoms with van der Waals surface area (Å²) in [5.41, 5.74) is 5.17. The number of nitrogens with one attached hydrogen (secondary N) is 2. The van der Waals surface area contributed by atoms with Crippen LogP contribution in [0, 0.1) is 11.8 Å². The molecular formula is C32H34N2O4. The van der Waals surface area contributed by atoms with Crippen LogP contribution < -0.4 is 10.1 Å².